The summed E-state index contributed by atoms with van der Waals surface area (Å²) in [7, 11) is 2.20. The van der Waals surface area contributed by atoms with E-state index in [4.69, 9.17) is 0 Å². The number of halogens is 1. The minimum Gasteiger partial charge on any atom is -0.369 e. The van der Waals surface area contributed by atoms with Crippen molar-refractivity contribution >= 4 is 21.7 Å². The lowest BCUT2D eigenvalue weighted by Gasteiger charge is -2.38. The average Bonchev–Trinajstić information content (AvgIpc) is 2.40. The molecule has 0 amide bonds. The molecule has 19 heavy (non-hydrogen) atoms. The molecule has 106 valence electrons. The first-order valence-corrected chi connectivity index (χ1v) is 7.76. The molecule has 1 aromatic heterocycles. The number of nitrogens with zero attached hydrogens (tertiary/aromatic N) is 3. The van der Waals surface area contributed by atoms with Gasteiger partial charge in [0.15, 0.2) is 0 Å². The average molecular weight is 327 g/mol. The summed E-state index contributed by atoms with van der Waals surface area (Å²) in [5.74, 6) is 1.81. The Labute approximate surface area is 124 Å². The number of hydrogen-bond acceptors (Lipinski definition) is 4. The van der Waals surface area contributed by atoms with Gasteiger partial charge in [-0.15, -0.1) is 0 Å². The normalized spacial score (nSPS) is 19.4. The fraction of sp³-hybridized carbons (Fsp3) is 0.714. The van der Waals surface area contributed by atoms with Crippen LogP contribution in [0.5, 0.6) is 0 Å². The third-order valence-corrected chi connectivity index (χ3v) is 4.35. The lowest BCUT2D eigenvalue weighted by atomic mass is 9.80. The Hall–Kier alpha value is -0.680. The lowest BCUT2D eigenvalue weighted by molar-refractivity contribution is 0.150. The molecule has 1 saturated heterocycles. The molecule has 1 N–H and O–H groups in total. The fourth-order valence-electron chi connectivity index (χ4n) is 2.35. The van der Waals surface area contributed by atoms with Crippen LogP contribution >= 0.6 is 15.9 Å². The van der Waals surface area contributed by atoms with Crippen LogP contribution in [0.25, 0.3) is 0 Å². The van der Waals surface area contributed by atoms with Crippen LogP contribution in [0, 0.1) is 5.41 Å². The maximum Gasteiger partial charge on any atom is 0.131 e. The van der Waals surface area contributed by atoms with Crippen LogP contribution in [-0.2, 0) is 6.42 Å². The van der Waals surface area contributed by atoms with Crippen LogP contribution in [0.4, 0.5) is 5.82 Å². The smallest absolute Gasteiger partial charge is 0.131 e. The number of aryl methyl sites for hydroxylation is 1. The molecular weight excluding hydrogens is 304 g/mol. The number of hydrogen-bond donors (Lipinski definition) is 1. The molecule has 0 aliphatic carbocycles. The summed E-state index contributed by atoms with van der Waals surface area (Å²) in [6, 6.07) is 1.96. The van der Waals surface area contributed by atoms with E-state index >= 15 is 0 Å². The van der Waals surface area contributed by atoms with Crippen molar-refractivity contribution in [3.63, 3.8) is 0 Å². The van der Waals surface area contributed by atoms with Crippen molar-refractivity contribution in [3.05, 3.63) is 16.5 Å². The summed E-state index contributed by atoms with van der Waals surface area (Å²) in [5, 5.41) is 3.49. The van der Waals surface area contributed by atoms with E-state index in [1.807, 2.05) is 6.07 Å². The molecular formula is C14H23BrN4. The summed E-state index contributed by atoms with van der Waals surface area (Å²) in [6.07, 6.45) is 3.34. The van der Waals surface area contributed by atoms with Crippen molar-refractivity contribution in [1.82, 2.24) is 14.9 Å². The van der Waals surface area contributed by atoms with Gasteiger partial charge in [-0.05, 0) is 54.3 Å². The zero-order valence-electron chi connectivity index (χ0n) is 12.0. The molecule has 0 radical (unpaired) electrons. The summed E-state index contributed by atoms with van der Waals surface area (Å²) in [4.78, 5) is 11.3. The molecule has 1 fully saturated rings. The van der Waals surface area contributed by atoms with Gasteiger partial charge in [0.05, 0.1) is 0 Å². The minimum absolute atomic E-state index is 0.371. The highest BCUT2D eigenvalue weighted by molar-refractivity contribution is 9.10. The van der Waals surface area contributed by atoms with Gasteiger partial charge in [0.25, 0.3) is 0 Å². The Morgan fingerprint density at radius 2 is 2.05 bits per heavy atom. The van der Waals surface area contributed by atoms with Crippen LogP contribution in [0.2, 0.25) is 0 Å². The summed E-state index contributed by atoms with van der Waals surface area (Å²) < 4.78 is 0.857. The van der Waals surface area contributed by atoms with Crippen molar-refractivity contribution in [3.8, 4) is 0 Å². The molecule has 4 nitrogen and oxygen atoms in total. The number of likely N-dealkylation sites (tertiary alicyclic amines) is 1. The molecule has 1 aliphatic rings. The van der Waals surface area contributed by atoms with Gasteiger partial charge in [-0.2, -0.15) is 0 Å². The van der Waals surface area contributed by atoms with E-state index in [0.717, 1.165) is 29.2 Å². The minimum atomic E-state index is 0.371. The van der Waals surface area contributed by atoms with Gasteiger partial charge < -0.3 is 10.2 Å². The molecule has 0 spiro atoms. The number of aromatic nitrogens is 2. The van der Waals surface area contributed by atoms with Gasteiger partial charge in [0.2, 0.25) is 0 Å². The molecule has 1 aliphatic heterocycles. The van der Waals surface area contributed by atoms with E-state index < -0.39 is 0 Å². The summed E-state index contributed by atoms with van der Waals surface area (Å²) >= 11 is 3.44. The predicted octanol–water partition coefficient (Wildman–Crippen LogP) is 2.95. The molecule has 0 aromatic carbocycles. The zero-order valence-corrected chi connectivity index (χ0v) is 13.6. The third-order valence-electron chi connectivity index (χ3n) is 3.95. The van der Waals surface area contributed by atoms with E-state index in [0.29, 0.717) is 5.41 Å². The van der Waals surface area contributed by atoms with Crippen LogP contribution < -0.4 is 5.32 Å². The SMILES string of the molecule is CCc1nc(Br)cc(NCC2(C)CCN(C)CC2)n1. The summed E-state index contributed by atoms with van der Waals surface area (Å²) in [6.45, 7) is 7.79. The standard InChI is InChI=1S/C14H23BrN4/c1-4-12-17-11(15)9-13(18-12)16-10-14(2)5-7-19(3)8-6-14/h9H,4-8,10H2,1-3H3,(H,16,17,18). The first kappa shape index (κ1) is 14.7. The molecule has 0 bridgehead atoms. The Kier molecular flexibility index (Phi) is 4.79. The lowest BCUT2D eigenvalue weighted by Crippen LogP contribution is -2.40. The Bertz CT molecular complexity index is 427. The van der Waals surface area contributed by atoms with E-state index in [2.05, 4.69) is 57.0 Å². The second kappa shape index (κ2) is 6.18. The summed E-state index contributed by atoms with van der Waals surface area (Å²) in [5.41, 5.74) is 0.371. The van der Waals surface area contributed by atoms with Gasteiger partial charge in [0, 0.05) is 19.0 Å². The zero-order chi connectivity index (χ0) is 13.9. The molecule has 0 unspecified atom stereocenters. The topological polar surface area (TPSA) is 41.1 Å². The highest BCUT2D eigenvalue weighted by atomic mass is 79.9. The van der Waals surface area contributed by atoms with Gasteiger partial charge in [-0.25, -0.2) is 9.97 Å². The molecule has 0 atom stereocenters. The molecule has 0 saturated carbocycles. The molecule has 2 rings (SSSR count). The van der Waals surface area contributed by atoms with Crippen LogP contribution in [-0.4, -0.2) is 41.5 Å². The van der Waals surface area contributed by atoms with Crippen molar-refractivity contribution < 1.29 is 0 Å². The van der Waals surface area contributed by atoms with Gasteiger partial charge in [-0.1, -0.05) is 13.8 Å². The highest BCUT2D eigenvalue weighted by Crippen LogP contribution is 2.30. The molecule has 2 heterocycles. The van der Waals surface area contributed by atoms with Crippen molar-refractivity contribution in [2.45, 2.75) is 33.1 Å². The maximum atomic E-state index is 4.52. The monoisotopic (exact) mass is 326 g/mol. The quantitative estimate of drug-likeness (QED) is 0.864. The van der Waals surface area contributed by atoms with Crippen molar-refractivity contribution in [2.75, 3.05) is 32.0 Å². The fourth-order valence-corrected chi connectivity index (χ4v) is 2.77. The number of anilines is 1. The first-order valence-electron chi connectivity index (χ1n) is 6.97. The van der Waals surface area contributed by atoms with E-state index in [1.165, 1.54) is 25.9 Å². The van der Waals surface area contributed by atoms with Crippen LogP contribution in [0.1, 0.15) is 32.5 Å². The van der Waals surface area contributed by atoms with E-state index in [9.17, 15) is 0 Å². The number of nitrogens with one attached hydrogen (secondary N) is 1. The van der Waals surface area contributed by atoms with E-state index in [1.54, 1.807) is 0 Å². The number of piperidine rings is 1. The first-order chi connectivity index (χ1) is 9.00. The molecule has 1 aromatic rings. The second-order valence-corrected chi connectivity index (χ2v) is 6.63. The highest BCUT2D eigenvalue weighted by Gasteiger charge is 2.28. The predicted molar refractivity (Wildman–Crippen MR) is 82.4 cm³/mol. The van der Waals surface area contributed by atoms with E-state index in [-0.39, 0.29) is 0 Å². The van der Waals surface area contributed by atoms with Gasteiger partial charge in [0.1, 0.15) is 16.2 Å². The van der Waals surface area contributed by atoms with Crippen LogP contribution in [0.3, 0.4) is 0 Å². The van der Waals surface area contributed by atoms with Crippen LogP contribution in [0.15, 0.2) is 10.7 Å². The Morgan fingerprint density at radius 3 is 2.68 bits per heavy atom. The Morgan fingerprint density at radius 1 is 1.37 bits per heavy atom. The number of rotatable bonds is 4. The Balaban J connectivity index is 1.96. The van der Waals surface area contributed by atoms with Gasteiger partial charge in [-0.3, -0.25) is 0 Å². The second-order valence-electron chi connectivity index (χ2n) is 5.81. The van der Waals surface area contributed by atoms with Crippen molar-refractivity contribution in [1.29, 1.82) is 0 Å². The van der Waals surface area contributed by atoms with Crippen molar-refractivity contribution in [2.24, 2.45) is 5.41 Å². The third kappa shape index (κ3) is 4.14. The molecule has 5 heteroatoms. The largest absolute Gasteiger partial charge is 0.369 e. The van der Waals surface area contributed by atoms with Gasteiger partial charge >= 0.3 is 0 Å². The maximum absolute atomic E-state index is 4.52.